The molecule has 0 atom stereocenters. The molecular formula is C19H23ClN2O4S. The van der Waals surface area contributed by atoms with E-state index in [0.717, 1.165) is 5.56 Å². The number of halogens is 1. The predicted molar refractivity (Wildman–Crippen MR) is 107 cm³/mol. The average molecular weight is 411 g/mol. The number of carbonyl (C=O) groups excluding carboxylic acids is 1. The zero-order valence-electron chi connectivity index (χ0n) is 15.2. The first-order valence-electron chi connectivity index (χ1n) is 8.58. The lowest BCUT2D eigenvalue weighted by Gasteiger charge is -2.14. The summed E-state index contributed by atoms with van der Waals surface area (Å²) in [7, 11) is -3.98. The van der Waals surface area contributed by atoms with E-state index in [9.17, 15) is 13.2 Å². The standard InChI is InChI=1S/C19H23ClN2O4S/c1-14(2)17-6-3-4-7-18(17)26-27(24,25)16-10-8-15(9-11-16)22-19(23)21-13-5-12-20/h3-4,6-11,14H,5,12-13H2,1-2H3,(H2,21,22,23). The Morgan fingerprint density at radius 3 is 2.41 bits per heavy atom. The van der Waals surface area contributed by atoms with Crippen LogP contribution in [0.4, 0.5) is 10.5 Å². The summed E-state index contributed by atoms with van der Waals surface area (Å²) in [5, 5.41) is 5.27. The molecule has 2 aromatic carbocycles. The number of rotatable bonds is 8. The molecule has 2 amide bonds. The van der Waals surface area contributed by atoms with Gasteiger partial charge in [-0.3, -0.25) is 0 Å². The highest BCUT2D eigenvalue weighted by atomic mass is 35.5. The van der Waals surface area contributed by atoms with Crippen LogP contribution in [-0.4, -0.2) is 26.9 Å². The molecule has 2 N–H and O–H groups in total. The molecule has 0 aliphatic rings. The van der Waals surface area contributed by atoms with E-state index in [4.69, 9.17) is 15.8 Å². The summed E-state index contributed by atoms with van der Waals surface area (Å²) in [5.41, 5.74) is 1.29. The highest BCUT2D eigenvalue weighted by molar-refractivity contribution is 7.87. The van der Waals surface area contributed by atoms with Gasteiger partial charge in [-0.2, -0.15) is 8.42 Å². The van der Waals surface area contributed by atoms with E-state index in [1.807, 2.05) is 26.0 Å². The molecule has 0 aromatic heterocycles. The Kier molecular flexibility index (Phi) is 7.50. The summed E-state index contributed by atoms with van der Waals surface area (Å²) in [5.74, 6) is 0.904. The fraction of sp³-hybridized carbons (Fsp3) is 0.316. The number of alkyl halides is 1. The first-order chi connectivity index (χ1) is 12.8. The number of amides is 2. The van der Waals surface area contributed by atoms with E-state index >= 15 is 0 Å². The van der Waals surface area contributed by atoms with Crippen LogP contribution in [0.25, 0.3) is 0 Å². The molecule has 0 saturated heterocycles. The second-order valence-corrected chi connectivity index (χ2v) is 8.10. The van der Waals surface area contributed by atoms with Crippen LogP contribution in [0.3, 0.4) is 0 Å². The number of anilines is 1. The van der Waals surface area contributed by atoms with Gasteiger partial charge in [0.15, 0.2) is 0 Å². The van der Waals surface area contributed by atoms with Gasteiger partial charge in [0.2, 0.25) is 0 Å². The van der Waals surface area contributed by atoms with Crippen LogP contribution in [0.5, 0.6) is 5.75 Å². The maximum absolute atomic E-state index is 12.5. The Balaban J connectivity index is 2.08. The van der Waals surface area contributed by atoms with Crippen molar-refractivity contribution in [3.63, 3.8) is 0 Å². The van der Waals surface area contributed by atoms with Gasteiger partial charge in [-0.05, 0) is 48.2 Å². The molecule has 0 fully saturated rings. The van der Waals surface area contributed by atoms with Crippen molar-refractivity contribution in [1.29, 1.82) is 0 Å². The van der Waals surface area contributed by atoms with Crippen molar-refractivity contribution in [3.05, 3.63) is 54.1 Å². The Morgan fingerprint density at radius 1 is 1.11 bits per heavy atom. The molecule has 0 radical (unpaired) electrons. The predicted octanol–water partition coefficient (Wildman–Crippen LogP) is 4.33. The monoisotopic (exact) mass is 410 g/mol. The molecule has 0 spiro atoms. The van der Waals surface area contributed by atoms with Crippen molar-refractivity contribution in [3.8, 4) is 5.75 Å². The molecule has 146 valence electrons. The average Bonchev–Trinajstić information content (AvgIpc) is 2.62. The van der Waals surface area contributed by atoms with Crippen LogP contribution < -0.4 is 14.8 Å². The van der Waals surface area contributed by atoms with Crippen LogP contribution in [0, 0.1) is 0 Å². The number of hydrogen-bond acceptors (Lipinski definition) is 4. The number of benzene rings is 2. The molecule has 2 rings (SSSR count). The zero-order valence-corrected chi connectivity index (χ0v) is 16.8. The van der Waals surface area contributed by atoms with Crippen molar-refractivity contribution < 1.29 is 17.4 Å². The van der Waals surface area contributed by atoms with E-state index < -0.39 is 10.1 Å². The van der Waals surface area contributed by atoms with Crippen LogP contribution in [0.1, 0.15) is 31.7 Å². The highest BCUT2D eigenvalue weighted by Gasteiger charge is 2.19. The van der Waals surface area contributed by atoms with E-state index in [1.165, 1.54) is 24.3 Å². The van der Waals surface area contributed by atoms with Crippen LogP contribution in [-0.2, 0) is 10.1 Å². The minimum Gasteiger partial charge on any atom is -0.379 e. The maximum Gasteiger partial charge on any atom is 0.339 e. The number of urea groups is 1. The third-order valence-corrected chi connectivity index (χ3v) is 5.25. The minimum absolute atomic E-state index is 0.00848. The summed E-state index contributed by atoms with van der Waals surface area (Å²) in [6, 6.07) is 12.5. The molecule has 6 nitrogen and oxygen atoms in total. The lowest BCUT2D eigenvalue weighted by Crippen LogP contribution is -2.29. The maximum atomic E-state index is 12.5. The van der Waals surface area contributed by atoms with E-state index in [0.29, 0.717) is 30.3 Å². The number of hydrogen-bond donors (Lipinski definition) is 2. The van der Waals surface area contributed by atoms with Gasteiger partial charge in [0.25, 0.3) is 0 Å². The van der Waals surface area contributed by atoms with Gasteiger partial charge in [0.05, 0.1) is 0 Å². The molecular weight excluding hydrogens is 388 g/mol. The van der Waals surface area contributed by atoms with Gasteiger partial charge < -0.3 is 14.8 Å². The molecule has 0 heterocycles. The van der Waals surface area contributed by atoms with E-state index in [2.05, 4.69) is 10.6 Å². The van der Waals surface area contributed by atoms with E-state index in [1.54, 1.807) is 12.1 Å². The van der Waals surface area contributed by atoms with Gasteiger partial charge in [-0.15, -0.1) is 11.6 Å². The Morgan fingerprint density at radius 2 is 1.78 bits per heavy atom. The van der Waals surface area contributed by atoms with Crippen molar-refractivity contribution in [1.82, 2.24) is 5.32 Å². The van der Waals surface area contributed by atoms with Crippen LogP contribution in [0.2, 0.25) is 0 Å². The first kappa shape index (κ1) is 21.1. The summed E-state index contributed by atoms with van der Waals surface area (Å²) in [6.45, 7) is 4.39. The SMILES string of the molecule is CC(C)c1ccccc1OS(=O)(=O)c1ccc(NC(=O)NCCCCl)cc1. The molecule has 27 heavy (non-hydrogen) atoms. The van der Waals surface area contributed by atoms with Gasteiger partial charge in [-0.25, -0.2) is 4.79 Å². The minimum atomic E-state index is -3.98. The van der Waals surface area contributed by atoms with Crippen LogP contribution >= 0.6 is 11.6 Å². The third-order valence-electron chi connectivity index (χ3n) is 3.74. The van der Waals surface area contributed by atoms with Crippen molar-refractivity contribution in [2.45, 2.75) is 31.1 Å². The number of nitrogens with one attached hydrogen (secondary N) is 2. The lowest BCUT2D eigenvalue weighted by molar-refractivity contribution is 0.252. The quantitative estimate of drug-likeness (QED) is 0.385. The summed E-state index contributed by atoms with van der Waals surface area (Å²) in [4.78, 5) is 11.7. The highest BCUT2D eigenvalue weighted by Crippen LogP contribution is 2.28. The van der Waals surface area contributed by atoms with E-state index in [-0.39, 0.29) is 16.8 Å². The fourth-order valence-electron chi connectivity index (χ4n) is 2.35. The molecule has 0 aliphatic carbocycles. The summed E-state index contributed by atoms with van der Waals surface area (Å²) < 4.78 is 30.4. The third kappa shape index (κ3) is 6.15. The normalized spacial score (nSPS) is 11.3. The molecule has 0 unspecified atom stereocenters. The number of para-hydroxylation sites is 1. The molecule has 2 aromatic rings. The first-order valence-corrected chi connectivity index (χ1v) is 10.5. The smallest absolute Gasteiger partial charge is 0.339 e. The van der Waals surface area contributed by atoms with Gasteiger partial charge in [0, 0.05) is 18.1 Å². The van der Waals surface area contributed by atoms with Crippen molar-refractivity contribution in [2.24, 2.45) is 0 Å². The zero-order chi connectivity index (χ0) is 19.9. The van der Waals surface area contributed by atoms with Gasteiger partial charge >= 0.3 is 16.1 Å². The molecule has 8 heteroatoms. The second kappa shape index (κ2) is 9.62. The summed E-state index contributed by atoms with van der Waals surface area (Å²) >= 11 is 5.55. The lowest BCUT2D eigenvalue weighted by atomic mass is 10.0. The number of carbonyl (C=O) groups is 1. The van der Waals surface area contributed by atoms with Crippen molar-refractivity contribution >= 4 is 33.4 Å². The Hall–Kier alpha value is -2.25. The molecule has 0 bridgehead atoms. The Bertz CT molecular complexity index is 868. The van der Waals surface area contributed by atoms with Gasteiger partial charge in [-0.1, -0.05) is 32.0 Å². The molecule has 0 saturated carbocycles. The fourth-order valence-corrected chi connectivity index (χ4v) is 3.44. The second-order valence-electron chi connectivity index (χ2n) is 6.18. The Labute approximate surface area is 165 Å². The summed E-state index contributed by atoms with van der Waals surface area (Å²) in [6.07, 6.45) is 0.668. The van der Waals surface area contributed by atoms with Gasteiger partial charge in [0.1, 0.15) is 10.6 Å². The largest absolute Gasteiger partial charge is 0.379 e. The van der Waals surface area contributed by atoms with Crippen molar-refractivity contribution in [2.75, 3.05) is 17.7 Å². The topological polar surface area (TPSA) is 84.5 Å². The van der Waals surface area contributed by atoms with Crippen LogP contribution in [0.15, 0.2) is 53.4 Å². The molecule has 0 aliphatic heterocycles.